The molecule has 0 saturated carbocycles. The second-order valence-corrected chi connectivity index (χ2v) is 9.55. The standard InChI is InChI=1S/C22H25N5O4S/c1-3-27-19-7-5-4-6-18(19)25-21(27)15(2)24-22(29)16-8-10-17(11-9-16)32(30,31)26-13-12-23-20(28)14-26/h4-11,15H,3,12-14H2,1-2H3,(H,23,28)(H,24,29). The van der Waals surface area contributed by atoms with Gasteiger partial charge in [-0.05, 0) is 50.2 Å². The molecular formula is C22H25N5O4S. The van der Waals surface area contributed by atoms with Gasteiger partial charge >= 0.3 is 0 Å². The summed E-state index contributed by atoms with van der Waals surface area (Å²) in [5, 5.41) is 5.54. The molecule has 2 heterocycles. The summed E-state index contributed by atoms with van der Waals surface area (Å²) < 4.78 is 28.7. The Bertz CT molecular complexity index is 1270. The Morgan fingerprint density at radius 1 is 1.19 bits per heavy atom. The summed E-state index contributed by atoms with van der Waals surface area (Å²) >= 11 is 0. The van der Waals surface area contributed by atoms with Crippen LogP contribution < -0.4 is 10.6 Å². The zero-order valence-corrected chi connectivity index (χ0v) is 18.7. The minimum absolute atomic E-state index is 0.0459. The van der Waals surface area contributed by atoms with E-state index >= 15 is 0 Å². The molecule has 1 aliphatic heterocycles. The normalized spacial score (nSPS) is 16.0. The van der Waals surface area contributed by atoms with E-state index in [1.54, 1.807) is 0 Å². The molecule has 9 nitrogen and oxygen atoms in total. The first-order valence-electron chi connectivity index (χ1n) is 10.4. The predicted octanol–water partition coefficient (Wildman–Crippen LogP) is 1.67. The van der Waals surface area contributed by atoms with Crippen molar-refractivity contribution in [3.05, 3.63) is 59.9 Å². The van der Waals surface area contributed by atoms with Crippen molar-refractivity contribution < 1.29 is 18.0 Å². The number of aromatic nitrogens is 2. The summed E-state index contributed by atoms with van der Waals surface area (Å²) in [4.78, 5) is 29.0. The van der Waals surface area contributed by atoms with E-state index in [4.69, 9.17) is 0 Å². The maximum absolute atomic E-state index is 12.8. The van der Waals surface area contributed by atoms with Crippen LogP contribution in [0.2, 0.25) is 0 Å². The molecule has 1 saturated heterocycles. The van der Waals surface area contributed by atoms with Crippen LogP contribution in [0.3, 0.4) is 0 Å². The number of imidazole rings is 1. The number of carbonyl (C=O) groups is 2. The van der Waals surface area contributed by atoms with Crippen LogP contribution in [0.1, 0.15) is 36.1 Å². The smallest absolute Gasteiger partial charge is 0.251 e. The lowest BCUT2D eigenvalue weighted by Gasteiger charge is -2.25. The maximum Gasteiger partial charge on any atom is 0.251 e. The van der Waals surface area contributed by atoms with Crippen molar-refractivity contribution in [3.8, 4) is 0 Å². The molecule has 2 aromatic carbocycles. The Morgan fingerprint density at radius 3 is 2.59 bits per heavy atom. The molecule has 1 aromatic heterocycles. The number of aryl methyl sites for hydroxylation is 1. The Morgan fingerprint density at radius 2 is 1.91 bits per heavy atom. The van der Waals surface area contributed by atoms with E-state index in [1.165, 1.54) is 24.3 Å². The van der Waals surface area contributed by atoms with Gasteiger partial charge in [0.2, 0.25) is 15.9 Å². The summed E-state index contributed by atoms with van der Waals surface area (Å²) in [6.07, 6.45) is 0. The molecule has 0 bridgehead atoms. The van der Waals surface area contributed by atoms with Crippen LogP contribution in [-0.4, -0.2) is 53.7 Å². The average molecular weight is 456 g/mol. The summed E-state index contributed by atoms with van der Waals surface area (Å²) in [6.45, 7) is 4.89. The molecule has 2 amide bonds. The topological polar surface area (TPSA) is 113 Å². The highest BCUT2D eigenvalue weighted by Gasteiger charge is 2.29. The van der Waals surface area contributed by atoms with E-state index < -0.39 is 10.0 Å². The molecule has 168 valence electrons. The van der Waals surface area contributed by atoms with Crippen molar-refractivity contribution in [2.75, 3.05) is 19.6 Å². The van der Waals surface area contributed by atoms with Gasteiger partial charge in [-0.1, -0.05) is 12.1 Å². The minimum atomic E-state index is -3.80. The highest BCUT2D eigenvalue weighted by molar-refractivity contribution is 7.89. The Balaban J connectivity index is 1.50. The van der Waals surface area contributed by atoms with Crippen molar-refractivity contribution in [2.45, 2.75) is 31.3 Å². The largest absolute Gasteiger partial charge is 0.354 e. The molecule has 0 spiro atoms. The van der Waals surface area contributed by atoms with E-state index in [9.17, 15) is 18.0 Å². The number of nitrogens with one attached hydrogen (secondary N) is 2. The molecule has 4 rings (SSSR count). The number of piperazine rings is 1. The third-order valence-corrected chi connectivity index (χ3v) is 7.35. The van der Waals surface area contributed by atoms with Crippen LogP contribution in [0.25, 0.3) is 11.0 Å². The minimum Gasteiger partial charge on any atom is -0.354 e. The number of nitrogens with zero attached hydrogens (tertiary/aromatic N) is 3. The van der Waals surface area contributed by atoms with Crippen LogP contribution >= 0.6 is 0 Å². The molecule has 2 N–H and O–H groups in total. The lowest BCUT2D eigenvalue weighted by atomic mass is 10.2. The highest BCUT2D eigenvalue weighted by Crippen LogP contribution is 2.22. The first-order valence-corrected chi connectivity index (χ1v) is 11.9. The number of benzene rings is 2. The summed E-state index contributed by atoms with van der Waals surface area (Å²) in [6, 6.07) is 13.2. The van der Waals surface area contributed by atoms with Crippen molar-refractivity contribution >= 4 is 32.9 Å². The van der Waals surface area contributed by atoms with Gasteiger partial charge in [0.25, 0.3) is 5.91 Å². The molecule has 0 radical (unpaired) electrons. The maximum atomic E-state index is 12.8. The Kier molecular flexibility index (Phi) is 5.98. The third kappa shape index (κ3) is 4.11. The van der Waals surface area contributed by atoms with Gasteiger partial charge in [-0.3, -0.25) is 9.59 Å². The fourth-order valence-electron chi connectivity index (χ4n) is 3.85. The molecular weight excluding hydrogens is 430 g/mol. The van der Waals surface area contributed by atoms with Crippen LogP contribution in [-0.2, 0) is 21.4 Å². The average Bonchev–Trinajstić information content (AvgIpc) is 3.18. The lowest BCUT2D eigenvalue weighted by molar-refractivity contribution is -0.122. The van der Waals surface area contributed by atoms with Gasteiger partial charge in [-0.2, -0.15) is 4.31 Å². The fraction of sp³-hybridized carbons (Fsp3) is 0.318. The number of amides is 2. The van der Waals surface area contributed by atoms with Gasteiger partial charge in [-0.25, -0.2) is 13.4 Å². The predicted molar refractivity (Wildman–Crippen MR) is 119 cm³/mol. The third-order valence-electron chi connectivity index (χ3n) is 5.49. The number of hydrogen-bond donors (Lipinski definition) is 2. The number of para-hydroxylation sites is 2. The Labute approximate surface area is 186 Å². The molecule has 3 aromatic rings. The van der Waals surface area contributed by atoms with E-state index in [0.29, 0.717) is 5.56 Å². The molecule has 1 atom stereocenters. The van der Waals surface area contributed by atoms with Gasteiger partial charge in [0.05, 0.1) is 28.5 Å². The molecule has 32 heavy (non-hydrogen) atoms. The van der Waals surface area contributed by atoms with Gasteiger partial charge in [-0.15, -0.1) is 0 Å². The molecule has 10 heteroatoms. The van der Waals surface area contributed by atoms with Crippen molar-refractivity contribution in [3.63, 3.8) is 0 Å². The number of rotatable bonds is 6. The van der Waals surface area contributed by atoms with Gasteiger partial charge in [0.15, 0.2) is 0 Å². The van der Waals surface area contributed by atoms with Crippen molar-refractivity contribution in [1.29, 1.82) is 0 Å². The second-order valence-electron chi connectivity index (χ2n) is 7.61. The van der Waals surface area contributed by atoms with E-state index in [2.05, 4.69) is 20.2 Å². The van der Waals surface area contributed by atoms with Crippen LogP contribution in [0.5, 0.6) is 0 Å². The summed E-state index contributed by atoms with van der Waals surface area (Å²) in [5.41, 5.74) is 2.21. The lowest BCUT2D eigenvalue weighted by Crippen LogP contribution is -2.49. The van der Waals surface area contributed by atoms with E-state index in [1.807, 2.05) is 38.1 Å². The number of sulfonamides is 1. The number of carbonyl (C=O) groups excluding carboxylic acids is 2. The van der Waals surface area contributed by atoms with Gasteiger partial charge in [0.1, 0.15) is 5.82 Å². The SMILES string of the molecule is CCn1c(C(C)NC(=O)c2ccc(S(=O)(=O)N3CCNC(=O)C3)cc2)nc2ccccc21. The van der Waals surface area contributed by atoms with Crippen LogP contribution in [0.4, 0.5) is 0 Å². The molecule has 1 aliphatic rings. The van der Waals surface area contributed by atoms with Crippen molar-refractivity contribution in [2.24, 2.45) is 0 Å². The number of hydrogen-bond acceptors (Lipinski definition) is 5. The molecule has 1 unspecified atom stereocenters. The van der Waals surface area contributed by atoms with Gasteiger partial charge in [0, 0.05) is 25.2 Å². The first kappa shape index (κ1) is 22.0. The molecule has 1 fully saturated rings. The first-order chi connectivity index (χ1) is 15.3. The highest BCUT2D eigenvalue weighted by atomic mass is 32.2. The number of fused-ring (bicyclic) bond motifs is 1. The van der Waals surface area contributed by atoms with Crippen LogP contribution in [0, 0.1) is 0 Å². The summed E-state index contributed by atoms with van der Waals surface area (Å²) in [5.74, 6) is 0.0982. The monoisotopic (exact) mass is 455 g/mol. The quantitative estimate of drug-likeness (QED) is 0.587. The zero-order chi connectivity index (χ0) is 22.9. The van der Waals surface area contributed by atoms with Gasteiger partial charge < -0.3 is 15.2 Å². The zero-order valence-electron chi connectivity index (χ0n) is 17.9. The fourth-order valence-corrected chi connectivity index (χ4v) is 5.25. The van der Waals surface area contributed by atoms with E-state index in [-0.39, 0.29) is 42.4 Å². The van der Waals surface area contributed by atoms with E-state index in [0.717, 1.165) is 27.7 Å². The van der Waals surface area contributed by atoms with Crippen molar-refractivity contribution in [1.82, 2.24) is 24.5 Å². The summed E-state index contributed by atoms with van der Waals surface area (Å²) in [7, 11) is -3.80. The Hall–Kier alpha value is -3.24. The van der Waals surface area contributed by atoms with Crippen LogP contribution in [0.15, 0.2) is 53.4 Å². The molecule has 0 aliphatic carbocycles. The second kappa shape index (κ2) is 8.71.